The predicted molar refractivity (Wildman–Crippen MR) is 104 cm³/mol. The molecule has 2 aliphatic heterocycles. The summed E-state index contributed by atoms with van der Waals surface area (Å²) in [7, 11) is -3.55. The molecular formula is C18H27FN4O4S. The number of halogens is 1. The molecule has 2 fully saturated rings. The number of nitrogens with one attached hydrogen (secondary N) is 1. The molecule has 2 heterocycles. The van der Waals surface area contributed by atoms with Crippen LogP contribution in [-0.4, -0.2) is 85.9 Å². The molecule has 2 saturated heterocycles. The van der Waals surface area contributed by atoms with Crippen LogP contribution in [0, 0.1) is 5.82 Å². The fourth-order valence-corrected chi connectivity index (χ4v) is 5.30. The van der Waals surface area contributed by atoms with Gasteiger partial charge in [-0.05, 0) is 26.0 Å². The molecule has 0 radical (unpaired) electrons. The number of amides is 1. The maximum atomic E-state index is 13.6. The molecule has 1 aromatic carbocycles. The zero-order valence-corrected chi connectivity index (χ0v) is 17.0. The third-order valence-corrected chi connectivity index (χ3v) is 6.85. The number of nitrogens with zero attached hydrogens (tertiary/aromatic N) is 3. The number of para-hydroxylation sites is 1. The van der Waals surface area contributed by atoms with Gasteiger partial charge in [0.15, 0.2) is 0 Å². The van der Waals surface area contributed by atoms with Crippen LogP contribution in [-0.2, 0) is 19.7 Å². The van der Waals surface area contributed by atoms with Gasteiger partial charge in [-0.3, -0.25) is 9.69 Å². The number of hydrogen-bond donors (Lipinski definition) is 1. The van der Waals surface area contributed by atoms with Gasteiger partial charge >= 0.3 is 0 Å². The second-order valence-corrected chi connectivity index (χ2v) is 9.21. The smallest absolute Gasteiger partial charge is 0.282 e. The van der Waals surface area contributed by atoms with Crippen LogP contribution in [0.4, 0.5) is 10.1 Å². The average Bonchev–Trinajstić information content (AvgIpc) is 2.63. The highest BCUT2D eigenvalue weighted by Crippen LogP contribution is 2.19. The van der Waals surface area contributed by atoms with Crippen molar-refractivity contribution < 1.29 is 22.3 Å². The summed E-state index contributed by atoms with van der Waals surface area (Å²) in [5, 5.41) is 2.55. The van der Waals surface area contributed by atoms with Gasteiger partial charge in [0, 0.05) is 39.3 Å². The zero-order chi connectivity index (χ0) is 20.3. The lowest BCUT2D eigenvalue weighted by Crippen LogP contribution is -2.57. The van der Waals surface area contributed by atoms with E-state index in [2.05, 4.69) is 5.32 Å². The van der Waals surface area contributed by atoms with Crippen molar-refractivity contribution in [3.63, 3.8) is 0 Å². The van der Waals surface area contributed by atoms with E-state index in [0.717, 1.165) is 0 Å². The Morgan fingerprint density at radius 2 is 1.71 bits per heavy atom. The number of piperazine rings is 1. The zero-order valence-electron chi connectivity index (χ0n) is 16.2. The third kappa shape index (κ3) is 5.06. The summed E-state index contributed by atoms with van der Waals surface area (Å²) in [4.78, 5) is 14.0. The molecular weight excluding hydrogens is 387 g/mol. The van der Waals surface area contributed by atoms with Crippen LogP contribution in [0.15, 0.2) is 24.3 Å². The van der Waals surface area contributed by atoms with Gasteiger partial charge in [0.1, 0.15) is 5.82 Å². The lowest BCUT2D eigenvalue weighted by Gasteiger charge is -2.40. The molecule has 0 aliphatic carbocycles. The van der Waals surface area contributed by atoms with Crippen molar-refractivity contribution in [3.05, 3.63) is 30.1 Å². The molecule has 8 nitrogen and oxygen atoms in total. The Bertz CT molecular complexity index is 789. The van der Waals surface area contributed by atoms with E-state index >= 15 is 0 Å². The average molecular weight is 415 g/mol. The number of carbonyl (C=O) groups is 1. The Kier molecular flexibility index (Phi) is 6.66. The molecule has 0 saturated carbocycles. The fourth-order valence-electron chi connectivity index (χ4n) is 3.56. The molecule has 0 unspecified atom stereocenters. The molecule has 3 rings (SSSR count). The Morgan fingerprint density at radius 3 is 2.32 bits per heavy atom. The monoisotopic (exact) mass is 414 g/mol. The molecule has 10 heteroatoms. The molecule has 28 heavy (non-hydrogen) atoms. The molecule has 2 aliphatic rings. The van der Waals surface area contributed by atoms with Crippen LogP contribution in [0.3, 0.4) is 0 Å². The number of hydrogen-bond acceptors (Lipinski definition) is 5. The SMILES string of the molecule is C[C@@H]1CN(S(=O)(=O)N2CCN(CC(=O)Nc3ccccc3F)CC2)C[C@@H](C)O1. The van der Waals surface area contributed by atoms with E-state index in [0.29, 0.717) is 39.3 Å². The summed E-state index contributed by atoms with van der Waals surface area (Å²) >= 11 is 0. The Hall–Kier alpha value is -1.59. The highest BCUT2D eigenvalue weighted by atomic mass is 32.2. The molecule has 2 atom stereocenters. The molecule has 1 aromatic rings. The summed E-state index contributed by atoms with van der Waals surface area (Å²) in [5.41, 5.74) is 0.143. The lowest BCUT2D eigenvalue weighted by molar-refractivity contribution is -0.117. The van der Waals surface area contributed by atoms with Gasteiger partial charge < -0.3 is 10.1 Å². The Labute approximate surface area is 165 Å². The van der Waals surface area contributed by atoms with E-state index in [-0.39, 0.29) is 30.3 Å². The van der Waals surface area contributed by atoms with Gasteiger partial charge in [-0.2, -0.15) is 17.0 Å². The van der Waals surface area contributed by atoms with Crippen LogP contribution in [0.25, 0.3) is 0 Å². The number of anilines is 1. The second-order valence-electron chi connectivity index (χ2n) is 7.29. The van der Waals surface area contributed by atoms with Gasteiger partial charge in [-0.15, -0.1) is 0 Å². The van der Waals surface area contributed by atoms with Crippen LogP contribution in [0.5, 0.6) is 0 Å². The largest absolute Gasteiger partial charge is 0.373 e. The van der Waals surface area contributed by atoms with Gasteiger partial charge in [0.25, 0.3) is 10.2 Å². The first-order chi connectivity index (χ1) is 13.3. The first-order valence-electron chi connectivity index (χ1n) is 9.43. The normalized spacial score (nSPS) is 25.5. The fraction of sp³-hybridized carbons (Fsp3) is 0.611. The number of benzene rings is 1. The summed E-state index contributed by atoms with van der Waals surface area (Å²) in [6, 6.07) is 5.99. The van der Waals surface area contributed by atoms with E-state index in [1.807, 2.05) is 18.7 Å². The summed E-state index contributed by atoms with van der Waals surface area (Å²) < 4.78 is 48.0. The van der Waals surface area contributed by atoms with E-state index < -0.39 is 16.0 Å². The third-order valence-electron chi connectivity index (χ3n) is 4.89. The van der Waals surface area contributed by atoms with Crippen molar-refractivity contribution >= 4 is 21.8 Å². The number of ether oxygens (including phenoxy) is 1. The highest BCUT2D eigenvalue weighted by Gasteiger charge is 2.36. The van der Waals surface area contributed by atoms with Crippen LogP contribution in [0.2, 0.25) is 0 Å². The highest BCUT2D eigenvalue weighted by molar-refractivity contribution is 7.86. The standard InChI is InChI=1S/C18H27FN4O4S/c1-14-11-23(12-15(2)27-14)28(25,26)22-9-7-21(8-10-22)13-18(24)20-17-6-4-3-5-16(17)19/h3-6,14-15H,7-13H2,1-2H3,(H,20,24)/t14-,15-/m1/s1. The van der Waals surface area contributed by atoms with Crippen molar-refractivity contribution in [3.8, 4) is 0 Å². The van der Waals surface area contributed by atoms with Crippen LogP contribution >= 0.6 is 0 Å². The van der Waals surface area contributed by atoms with Crippen LogP contribution < -0.4 is 5.32 Å². The molecule has 1 N–H and O–H groups in total. The topological polar surface area (TPSA) is 82.2 Å². The molecule has 156 valence electrons. The minimum atomic E-state index is -3.55. The Balaban J connectivity index is 1.51. The van der Waals surface area contributed by atoms with Crippen molar-refractivity contribution in [2.24, 2.45) is 0 Å². The summed E-state index contributed by atoms with van der Waals surface area (Å²) in [5.74, 6) is -0.807. The Morgan fingerprint density at radius 1 is 1.11 bits per heavy atom. The van der Waals surface area contributed by atoms with Crippen LogP contribution in [0.1, 0.15) is 13.8 Å². The maximum Gasteiger partial charge on any atom is 0.282 e. The van der Waals surface area contributed by atoms with Gasteiger partial charge in [0.05, 0.1) is 24.4 Å². The minimum absolute atomic E-state index is 0.0911. The van der Waals surface area contributed by atoms with E-state index in [9.17, 15) is 17.6 Å². The van der Waals surface area contributed by atoms with E-state index in [1.165, 1.54) is 20.7 Å². The first kappa shape index (κ1) is 21.1. The van der Waals surface area contributed by atoms with Crippen molar-refractivity contribution in [2.75, 3.05) is 51.1 Å². The maximum absolute atomic E-state index is 13.6. The number of rotatable bonds is 5. The van der Waals surface area contributed by atoms with Gasteiger partial charge in [0.2, 0.25) is 5.91 Å². The first-order valence-corrected chi connectivity index (χ1v) is 10.8. The van der Waals surface area contributed by atoms with Crippen molar-refractivity contribution in [1.29, 1.82) is 0 Å². The lowest BCUT2D eigenvalue weighted by atomic mass is 10.3. The number of morpholine rings is 1. The predicted octanol–water partition coefficient (Wildman–Crippen LogP) is 0.736. The number of carbonyl (C=O) groups excluding carboxylic acids is 1. The van der Waals surface area contributed by atoms with Gasteiger partial charge in [-0.25, -0.2) is 4.39 Å². The van der Waals surface area contributed by atoms with E-state index in [1.54, 1.807) is 12.1 Å². The van der Waals surface area contributed by atoms with Crippen molar-refractivity contribution in [1.82, 2.24) is 13.5 Å². The molecule has 1 amide bonds. The molecule has 0 bridgehead atoms. The summed E-state index contributed by atoms with van der Waals surface area (Å²) in [6.07, 6.45) is -0.274. The van der Waals surface area contributed by atoms with Gasteiger partial charge in [-0.1, -0.05) is 12.1 Å². The molecule has 0 spiro atoms. The second kappa shape index (κ2) is 8.83. The van der Waals surface area contributed by atoms with E-state index in [4.69, 9.17) is 4.74 Å². The molecule has 0 aromatic heterocycles. The quantitative estimate of drug-likeness (QED) is 0.769. The minimum Gasteiger partial charge on any atom is -0.373 e. The summed E-state index contributed by atoms with van der Waals surface area (Å²) in [6.45, 7) is 6.03. The van der Waals surface area contributed by atoms with Crippen molar-refractivity contribution in [2.45, 2.75) is 26.1 Å².